The summed E-state index contributed by atoms with van der Waals surface area (Å²) in [5, 5.41) is 10.8. The number of carbonyl (C=O) groups excluding carboxylic acids is 1. The lowest BCUT2D eigenvalue weighted by atomic mass is 9.95. The second kappa shape index (κ2) is 6.13. The van der Waals surface area contributed by atoms with Crippen molar-refractivity contribution in [3.05, 3.63) is 39.9 Å². The molecule has 0 N–H and O–H groups in total. The average Bonchev–Trinajstić information content (AvgIpc) is 2.35. The normalized spacial score (nSPS) is 12.1. The van der Waals surface area contributed by atoms with Crippen LogP contribution in [0.1, 0.15) is 32.3 Å². The van der Waals surface area contributed by atoms with Crippen molar-refractivity contribution in [1.29, 1.82) is 0 Å². The lowest BCUT2D eigenvalue weighted by molar-refractivity contribution is -0.385. The Balaban J connectivity index is 2.69. The molecule has 0 bridgehead atoms. The number of hydrogen-bond acceptors (Lipinski definition) is 3. The first-order valence-corrected chi connectivity index (χ1v) is 5.81. The second-order valence-electron chi connectivity index (χ2n) is 4.15. The van der Waals surface area contributed by atoms with E-state index in [1.807, 2.05) is 13.8 Å². The number of aryl methyl sites for hydroxylation is 1. The predicted octanol–water partition coefficient (Wildman–Crippen LogP) is 3.14. The number of nitro groups is 1. The summed E-state index contributed by atoms with van der Waals surface area (Å²) in [7, 11) is 0. The smallest absolute Gasteiger partial charge is 0.272 e. The van der Waals surface area contributed by atoms with Gasteiger partial charge in [0.2, 0.25) is 0 Å². The third-order valence-corrected chi connectivity index (χ3v) is 2.93. The van der Waals surface area contributed by atoms with Crippen LogP contribution < -0.4 is 0 Å². The van der Waals surface area contributed by atoms with E-state index >= 15 is 0 Å². The largest absolute Gasteiger partial charge is 0.299 e. The molecule has 1 aromatic carbocycles. The van der Waals surface area contributed by atoms with Crippen molar-refractivity contribution >= 4 is 11.5 Å². The minimum Gasteiger partial charge on any atom is -0.299 e. The molecule has 4 heteroatoms. The Morgan fingerprint density at radius 3 is 2.65 bits per heavy atom. The molecular formula is C13H17NO3. The molecule has 0 amide bonds. The maximum atomic E-state index is 11.4. The quantitative estimate of drug-likeness (QED) is 0.562. The number of ketones is 1. The van der Waals surface area contributed by atoms with Crippen molar-refractivity contribution in [2.45, 2.75) is 33.1 Å². The van der Waals surface area contributed by atoms with Gasteiger partial charge in [-0.2, -0.15) is 0 Å². The highest BCUT2D eigenvalue weighted by molar-refractivity contribution is 5.80. The van der Waals surface area contributed by atoms with E-state index in [0.29, 0.717) is 24.8 Å². The van der Waals surface area contributed by atoms with Crippen LogP contribution >= 0.6 is 0 Å². The fraction of sp³-hybridized carbons (Fsp3) is 0.462. The summed E-state index contributed by atoms with van der Waals surface area (Å²) in [6.07, 6.45) is 1.76. The fourth-order valence-electron chi connectivity index (χ4n) is 1.78. The molecule has 0 aliphatic heterocycles. The molecule has 0 saturated carbocycles. The third kappa shape index (κ3) is 3.66. The molecule has 0 fully saturated rings. The third-order valence-electron chi connectivity index (χ3n) is 2.93. The number of benzene rings is 1. The Morgan fingerprint density at radius 1 is 1.41 bits per heavy atom. The molecule has 0 aromatic heterocycles. The molecule has 0 spiro atoms. The van der Waals surface area contributed by atoms with Crippen LogP contribution in [0.25, 0.3) is 0 Å². The molecule has 92 valence electrons. The molecule has 0 aliphatic rings. The summed E-state index contributed by atoms with van der Waals surface area (Å²) < 4.78 is 0. The first-order valence-electron chi connectivity index (χ1n) is 5.81. The highest BCUT2D eigenvalue weighted by Crippen LogP contribution is 2.21. The first-order chi connectivity index (χ1) is 8.06. The Kier molecular flexibility index (Phi) is 4.82. The van der Waals surface area contributed by atoms with Gasteiger partial charge in [-0.05, 0) is 12.8 Å². The van der Waals surface area contributed by atoms with Crippen molar-refractivity contribution in [1.82, 2.24) is 0 Å². The lowest BCUT2D eigenvalue weighted by Gasteiger charge is -2.08. The van der Waals surface area contributed by atoms with Gasteiger partial charge in [0.05, 0.1) is 4.92 Å². The van der Waals surface area contributed by atoms with Crippen LogP contribution in [0.5, 0.6) is 0 Å². The van der Waals surface area contributed by atoms with E-state index in [1.54, 1.807) is 18.2 Å². The van der Waals surface area contributed by atoms with Crippen molar-refractivity contribution in [3.8, 4) is 0 Å². The monoisotopic (exact) mass is 235 g/mol. The zero-order valence-electron chi connectivity index (χ0n) is 10.2. The van der Waals surface area contributed by atoms with Crippen LogP contribution in [0.2, 0.25) is 0 Å². The topological polar surface area (TPSA) is 60.2 Å². The number of carbonyl (C=O) groups is 1. The molecule has 0 aliphatic carbocycles. The molecule has 4 nitrogen and oxygen atoms in total. The Hall–Kier alpha value is -1.71. The maximum Gasteiger partial charge on any atom is 0.272 e. The van der Waals surface area contributed by atoms with Crippen molar-refractivity contribution in [2.24, 2.45) is 5.92 Å². The molecule has 1 atom stereocenters. The minimum absolute atomic E-state index is 0.0280. The van der Waals surface area contributed by atoms with Crippen LogP contribution in [0.3, 0.4) is 0 Å². The number of hydrogen-bond donors (Lipinski definition) is 0. The predicted molar refractivity (Wildman–Crippen MR) is 65.9 cm³/mol. The molecule has 1 aromatic rings. The standard InChI is InChI=1S/C13H17NO3/c1-3-13(15)10(2)8-9-11-6-4-5-7-12(11)14(16)17/h4-7,10H,3,8-9H2,1-2H3. The highest BCUT2D eigenvalue weighted by atomic mass is 16.6. The van der Waals surface area contributed by atoms with E-state index in [1.165, 1.54) is 6.07 Å². The number of nitro benzene ring substituents is 1. The molecule has 0 heterocycles. The zero-order chi connectivity index (χ0) is 12.8. The van der Waals surface area contributed by atoms with Crippen molar-refractivity contribution in [3.63, 3.8) is 0 Å². The minimum atomic E-state index is -0.373. The van der Waals surface area contributed by atoms with Crippen LogP contribution in [0.15, 0.2) is 24.3 Å². The Morgan fingerprint density at radius 2 is 2.06 bits per heavy atom. The number of rotatable bonds is 6. The SMILES string of the molecule is CCC(=O)C(C)CCc1ccccc1[N+](=O)[O-]. The number of Topliss-reactive ketones (excluding diaryl/α,β-unsaturated/α-hetero) is 1. The maximum absolute atomic E-state index is 11.4. The van der Waals surface area contributed by atoms with E-state index in [-0.39, 0.29) is 22.3 Å². The summed E-state index contributed by atoms with van der Waals surface area (Å²) in [6, 6.07) is 6.69. The number of nitrogens with zero attached hydrogens (tertiary/aromatic N) is 1. The highest BCUT2D eigenvalue weighted by Gasteiger charge is 2.15. The van der Waals surface area contributed by atoms with Crippen LogP contribution in [0.4, 0.5) is 5.69 Å². The second-order valence-corrected chi connectivity index (χ2v) is 4.15. The summed E-state index contributed by atoms with van der Waals surface area (Å²) in [4.78, 5) is 21.8. The van der Waals surface area contributed by atoms with Crippen LogP contribution in [0, 0.1) is 16.0 Å². The fourth-order valence-corrected chi connectivity index (χ4v) is 1.78. The van der Waals surface area contributed by atoms with Gasteiger partial charge >= 0.3 is 0 Å². The lowest BCUT2D eigenvalue weighted by Crippen LogP contribution is -2.10. The van der Waals surface area contributed by atoms with E-state index in [0.717, 1.165) is 0 Å². The Bertz CT molecular complexity index is 415. The summed E-state index contributed by atoms with van der Waals surface area (Å²) in [6.45, 7) is 3.71. The summed E-state index contributed by atoms with van der Waals surface area (Å²) >= 11 is 0. The Labute approximate surface area is 101 Å². The van der Waals surface area contributed by atoms with Gasteiger partial charge in [0.1, 0.15) is 5.78 Å². The first kappa shape index (κ1) is 13.4. The van der Waals surface area contributed by atoms with Crippen LogP contribution in [-0.4, -0.2) is 10.7 Å². The van der Waals surface area contributed by atoms with Gasteiger partial charge in [-0.1, -0.05) is 32.0 Å². The molecular weight excluding hydrogens is 218 g/mol. The van der Waals surface area contributed by atoms with Gasteiger partial charge in [0.25, 0.3) is 5.69 Å². The van der Waals surface area contributed by atoms with E-state index in [4.69, 9.17) is 0 Å². The zero-order valence-corrected chi connectivity index (χ0v) is 10.2. The molecule has 17 heavy (non-hydrogen) atoms. The van der Waals surface area contributed by atoms with Crippen molar-refractivity contribution < 1.29 is 9.72 Å². The van der Waals surface area contributed by atoms with Crippen LogP contribution in [-0.2, 0) is 11.2 Å². The van der Waals surface area contributed by atoms with Gasteiger partial charge in [-0.25, -0.2) is 0 Å². The van der Waals surface area contributed by atoms with Gasteiger partial charge in [-0.15, -0.1) is 0 Å². The molecule has 1 rings (SSSR count). The average molecular weight is 235 g/mol. The summed E-state index contributed by atoms with van der Waals surface area (Å²) in [5.41, 5.74) is 0.844. The molecule has 1 unspecified atom stereocenters. The van der Waals surface area contributed by atoms with Gasteiger partial charge < -0.3 is 0 Å². The van der Waals surface area contributed by atoms with Crippen molar-refractivity contribution in [2.75, 3.05) is 0 Å². The van der Waals surface area contributed by atoms with Gasteiger partial charge in [-0.3, -0.25) is 14.9 Å². The molecule has 0 radical (unpaired) electrons. The molecule has 0 saturated heterocycles. The van der Waals surface area contributed by atoms with Gasteiger partial charge in [0.15, 0.2) is 0 Å². The van der Waals surface area contributed by atoms with Gasteiger partial charge in [0, 0.05) is 24.0 Å². The number of para-hydroxylation sites is 1. The van der Waals surface area contributed by atoms with E-state index < -0.39 is 0 Å². The van der Waals surface area contributed by atoms with E-state index in [2.05, 4.69) is 0 Å². The summed E-state index contributed by atoms with van der Waals surface area (Å²) in [5.74, 6) is 0.184. The van der Waals surface area contributed by atoms with E-state index in [9.17, 15) is 14.9 Å².